The zero-order valence-corrected chi connectivity index (χ0v) is 11.5. The van der Waals surface area contributed by atoms with Crippen molar-refractivity contribution in [2.24, 2.45) is 7.05 Å². The Morgan fingerprint density at radius 1 is 1.50 bits per heavy atom. The lowest BCUT2D eigenvalue weighted by atomic mass is 10.1. The molecule has 0 bridgehead atoms. The molecular weight excluding hydrogens is 300 g/mol. The van der Waals surface area contributed by atoms with Crippen LogP contribution in [0, 0.1) is 0 Å². The highest BCUT2D eigenvalue weighted by atomic mass is 79.9. The molecule has 0 saturated carbocycles. The van der Waals surface area contributed by atoms with E-state index in [1.165, 1.54) is 11.9 Å². The molecule has 0 aliphatic carbocycles. The minimum absolute atomic E-state index is 0.103. The minimum Gasteiger partial charge on any atom is -0.496 e. The maximum absolute atomic E-state index is 12.1. The van der Waals surface area contributed by atoms with Gasteiger partial charge in [-0.05, 0) is 23.4 Å². The van der Waals surface area contributed by atoms with E-state index < -0.39 is 0 Å². The molecule has 1 aromatic heterocycles. The van der Waals surface area contributed by atoms with E-state index >= 15 is 0 Å². The van der Waals surface area contributed by atoms with Crippen LogP contribution in [0.25, 0.3) is 0 Å². The number of hydrogen-bond acceptors (Lipinski definition) is 5. The molecule has 0 unspecified atom stereocenters. The van der Waals surface area contributed by atoms with Crippen LogP contribution in [0.15, 0.2) is 22.7 Å². The van der Waals surface area contributed by atoms with E-state index in [1.54, 1.807) is 25.2 Å². The van der Waals surface area contributed by atoms with Crippen molar-refractivity contribution in [2.75, 3.05) is 7.11 Å². The number of halogens is 1. The van der Waals surface area contributed by atoms with Crippen LogP contribution in [0.2, 0.25) is 0 Å². The number of aromatic nitrogens is 4. The first kappa shape index (κ1) is 12.7. The summed E-state index contributed by atoms with van der Waals surface area (Å²) in [5.41, 5.74) is 0.508. The van der Waals surface area contributed by atoms with Crippen LogP contribution in [0.3, 0.4) is 0 Å². The van der Waals surface area contributed by atoms with Crippen molar-refractivity contribution in [3.05, 3.63) is 34.1 Å². The second-order valence-corrected chi connectivity index (χ2v) is 4.56. The Labute approximate surface area is 112 Å². The standard InChI is InChI=1S/C11H11BrN4O2/c1-16-14-11(13-15-16)6-9(17)8-4-3-7(12)5-10(8)18-2/h3-5H,6H2,1-2H3. The van der Waals surface area contributed by atoms with Gasteiger partial charge in [-0.25, -0.2) is 0 Å². The van der Waals surface area contributed by atoms with Gasteiger partial charge in [0.05, 0.1) is 26.1 Å². The molecule has 0 spiro atoms. The van der Waals surface area contributed by atoms with Crippen molar-refractivity contribution in [1.82, 2.24) is 20.2 Å². The predicted octanol–water partition coefficient (Wildman–Crippen LogP) is 1.41. The molecule has 6 nitrogen and oxygen atoms in total. The zero-order valence-electron chi connectivity index (χ0n) is 9.92. The molecule has 0 atom stereocenters. The summed E-state index contributed by atoms with van der Waals surface area (Å²) in [6.07, 6.45) is 0.103. The highest BCUT2D eigenvalue weighted by molar-refractivity contribution is 9.10. The number of hydrogen-bond donors (Lipinski definition) is 0. The topological polar surface area (TPSA) is 69.9 Å². The Bertz CT molecular complexity index is 582. The van der Waals surface area contributed by atoms with Gasteiger partial charge >= 0.3 is 0 Å². The van der Waals surface area contributed by atoms with Gasteiger partial charge in [0, 0.05) is 4.47 Å². The van der Waals surface area contributed by atoms with Crippen LogP contribution >= 0.6 is 15.9 Å². The summed E-state index contributed by atoms with van der Waals surface area (Å²) >= 11 is 3.33. The number of nitrogens with zero attached hydrogens (tertiary/aromatic N) is 4. The fourth-order valence-electron chi connectivity index (χ4n) is 1.53. The second kappa shape index (κ2) is 5.26. The molecular formula is C11H11BrN4O2. The molecule has 1 heterocycles. The number of ether oxygens (including phenoxy) is 1. The van der Waals surface area contributed by atoms with Gasteiger partial charge in [-0.15, -0.1) is 10.2 Å². The molecule has 18 heavy (non-hydrogen) atoms. The quantitative estimate of drug-likeness (QED) is 0.799. The van der Waals surface area contributed by atoms with Crippen molar-refractivity contribution >= 4 is 21.7 Å². The molecule has 2 aromatic rings. The molecule has 7 heteroatoms. The average Bonchev–Trinajstić information content (AvgIpc) is 2.74. The number of carbonyl (C=O) groups excluding carboxylic acids is 1. The third-order valence-corrected chi connectivity index (χ3v) is 2.83. The van der Waals surface area contributed by atoms with Crippen LogP contribution in [0.5, 0.6) is 5.75 Å². The van der Waals surface area contributed by atoms with Crippen molar-refractivity contribution in [3.63, 3.8) is 0 Å². The van der Waals surface area contributed by atoms with E-state index in [9.17, 15) is 4.79 Å². The smallest absolute Gasteiger partial charge is 0.182 e. The van der Waals surface area contributed by atoms with Crippen molar-refractivity contribution in [2.45, 2.75) is 6.42 Å². The normalized spacial score (nSPS) is 10.4. The van der Waals surface area contributed by atoms with Crippen LogP contribution < -0.4 is 4.74 Å². The fourth-order valence-corrected chi connectivity index (χ4v) is 1.87. The van der Waals surface area contributed by atoms with Crippen LogP contribution in [0.1, 0.15) is 16.2 Å². The van der Waals surface area contributed by atoms with Gasteiger partial charge in [0.1, 0.15) is 5.75 Å². The number of Topliss-reactive ketones (excluding diaryl/α,β-unsaturated/α-hetero) is 1. The summed E-state index contributed by atoms with van der Waals surface area (Å²) in [5.74, 6) is 0.818. The molecule has 1 aromatic carbocycles. The number of aryl methyl sites for hydroxylation is 1. The van der Waals surface area contributed by atoms with E-state index in [2.05, 4.69) is 31.3 Å². The number of benzene rings is 1. The number of tetrazole rings is 1. The highest BCUT2D eigenvalue weighted by Gasteiger charge is 2.15. The van der Waals surface area contributed by atoms with E-state index in [0.717, 1.165) is 4.47 Å². The summed E-state index contributed by atoms with van der Waals surface area (Å²) in [6, 6.07) is 5.25. The van der Waals surface area contributed by atoms with Crippen molar-refractivity contribution in [3.8, 4) is 5.75 Å². The molecule has 0 radical (unpaired) electrons. The Kier molecular flexibility index (Phi) is 3.71. The Balaban J connectivity index is 2.23. The lowest BCUT2D eigenvalue weighted by Crippen LogP contribution is -2.07. The maximum atomic E-state index is 12.1. The molecule has 0 aliphatic heterocycles. The zero-order chi connectivity index (χ0) is 13.1. The third-order valence-electron chi connectivity index (χ3n) is 2.33. The van der Waals surface area contributed by atoms with Crippen molar-refractivity contribution in [1.29, 1.82) is 0 Å². The van der Waals surface area contributed by atoms with Gasteiger partial charge in [0.2, 0.25) is 0 Å². The first-order chi connectivity index (χ1) is 8.60. The minimum atomic E-state index is -0.104. The molecule has 2 rings (SSSR count). The molecule has 0 aliphatic rings. The van der Waals surface area contributed by atoms with Gasteiger partial charge in [0.15, 0.2) is 11.6 Å². The Morgan fingerprint density at radius 2 is 2.28 bits per heavy atom. The number of carbonyl (C=O) groups is 1. The van der Waals surface area contributed by atoms with E-state index in [1.807, 2.05) is 0 Å². The monoisotopic (exact) mass is 310 g/mol. The molecule has 0 saturated heterocycles. The van der Waals surface area contributed by atoms with E-state index in [0.29, 0.717) is 17.1 Å². The highest BCUT2D eigenvalue weighted by Crippen LogP contribution is 2.24. The predicted molar refractivity (Wildman–Crippen MR) is 67.5 cm³/mol. The number of methoxy groups -OCH3 is 1. The molecule has 0 amide bonds. The first-order valence-corrected chi connectivity index (χ1v) is 5.99. The molecule has 0 fully saturated rings. The summed E-state index contributed by atoms with van der Waals surface area (Å²) in [7, 11) is 3.18. The van der Waals surface area contributed by atoms with Crippen LogP contribution in [-0.4, -0.2) is 33.1 Å². The van der Waals surface area contributed by atoms with Gasteiger partial charge < -0.3 is 4.74 Å². The van der Waals surface area contributed by atoms with Crippen molar-refractivity contribution < 1.29 is 9.53 Å². The first-order valence-electron chi connectivity index (χ1n) is 5.20. The Morgan fingerprint density at radius 3 is 2.89 bits per heavy atom. The lowest BCUT2D eigenvalue weighted by Gasteiger charge is -2.06. The van der Waals surface area contributed by atoms with Gasteiger partial charge in [-0.2, -0.15) is 4.80 Å². The SMILES string of the molecule is COc1cc(Br)ccc1C(=O)Cc1nnn(C)n1. The molecule has 94 valence electrons. The molecule has 0 N–H and O–H groups in total. The summed E-state index contributed by atoms with van der Waals surface area (Å²) in [5, 5.41) is 11.4. The maximum Gasteiger partial charge on any atom is 0.182 e. The van der Waals surface area contributed by atoms with Gasteiger partial charge in [-0.1, -0.05) is 15.9 Å². The van der Waals surface area contributed by atoms with Crippen LogP contribution in [-0.2, 0) is 13.5 Å². The van der Waals surface area contributed by atoms with Crippen LogP contribution in [0.4, 0.5) is 0 Å². The number of rotatable bonds is 4. The largest absolute Gasteiger partial charge is 0.496 e. The number of ketones is 1. The summed E-state index contributed by atoms with van der Waals surface area (Å²) in [4.78, 5) is 13.4. The fraction of sp³-hybridized carbons (Fsp3) is 0.273. The summed E-state index contributed by atoms with van der Waals surface area (Å²) in [6.45, 7) is 0. The second-order valence-electron chi connectivity index (χ2n) is 3.64. The average molecular weight is 311 g/mol. The summed E-state index contributed by atoms with van der Waals surface area (Å²) < 4.78 is 6.03. The van der Waals surface area contributed by atoms with Gasteiger partial charge in [0.25, 0.3) is 0 Å². The third kappa shape index (κ3) is 2.73. The van der Waals surface area contributed by atoms with E-state index in [4.69, 9.17) is 4.74 Å². The van der Waals surface area contributed by atoms with E-state index in [-0.39, 0.29) is 12.2 Å². The Hall–Kier alpha value is -1.76. The lowest BCUT2D eigenvalue weighted by molar-refractivity contribution is 0.0988. The van der Waals surface area contributed by atoms with Gasteiger partial charge in [-0.3, -0.25) is 4.79 Å².